The first-order valence-corrected chi connectivity index (χ1v) is 8.44. The largest absolute Gasteiger partial charge is 0.491 e. The maximum absolute atomic E-state index is 12.0. The first-order chi connectivity index (χ1) is 11.6. The minimum Gasteiger partial charge on any atom is -0.491 e. The van der Waals surface area contributed by atoms with Crippen molar-refractivity contribution in [1.29, 1.82) is 0 Å². The number of carbonyl (C=O) groups excluding carboxylic acids is 1. The summed E-state index contributed by atoms with van der Waals surface area (Å²) in [6.07, 6.45) is 0.884. The van der Waals surface area contributed by atoms with Gasteiger partial charge in [0.15, 0.2) is 0 Å². The number of carbonyl (C=O) groups is 1. The molecule has 0 spiro atoms. The van der Waals surface area contributed by atoms with Gasteiger partial charge in [-0.05, 0) is 17.5 Å². The molecule has 0 aromatic heterocycles. The molecule has 2 aromatic carbocycles. The average molecular weight is 326 g/mol. The fourth-order valence-electron chi connectivity index (χ4n) is 2.41. The van der Waals surface area contributed by atoms with Crippen LogP contribution < -0.4 is 15.8 Å². The number of amides is 1. The fraction of sp³-hybridized carbons (Fsp3) is 0.350. The van der Waals surface area contributed by atoms with E-state index in [9.17, 15) is 4.79 Å². The molecule has 4 nitrogen and oxygen atoms in total. The van der Waals surface area contributed by atoms with Crippen LogP contribution in [0.1, 0.15) is 20.3 Å². The van der Waals surface area contributed by atoms with E-state index in [2.05, 4.69) is 17.4 Å². The van der Waals surface area contributed by atoms with E-state index in [1.165, 1.54) is 0 Å². The third-order valence-corrected chi connectivity index (χ3v) is 4.19. The van der Waals surface area contributed by atoms with Gasteiger partial charge >= 0.3 is 0 Å². The Morgan fingerprint density at radius 3 is 2.50 bits per heavy atom. The Kier molecular flexibility index (Phi) is 6.82. The molecular formula is C20H26N2O2. The molecule has 2 atom stereocenters. The zero-order chi connectivity index (χ0) is 17.4. The van der Waals surface area contributed by atoms with Gasteiger partial charge in [0, 0.05) is 5.56 Å². The lowest BCUT2D eigenvalue weighted by atomic mass is 9.99. The van der Waals surface area contributed by atoms with Gasteiger partial charge < -0.3 is 15.8 Å². The highest BCUT2D eigenvalue weighted by molar-refractivity contribution is 5.81. The summed E-state index contributed by atoms with van der Waals surface area (Å²) in [7, 11) is 0. The van der Waals surface area contributed by atoms with Crippen LogP contribution in [0.15, 0.2) is 54.6 Å². The predicted molar refractivity (Wildman–Crippen MR) is 97.8 cm³/mol. The van der Waals surface area contributed by atoms with Crippen LogP contribution in [0, 0.1) is 5.92 Å². The molecule has 0 radical (unpaired) electrons. The summed E-state index contributed by atoms with van der Waals surface area (Å²) in [4.78, 5) is 12.0. The Morgan fingerprint density at radius 2 is 1.79 bits per heavy atom. The molecule has 128 valence electrons. The van der Waals surface area contributed by atoms with Crippen molar-refractivity contribution in [2.24, 2.45) is 11.7 Å². The van der Waals surface area contributed by atoms with Crippen LogP contribution in [0.5, 0.6) is 5.75 Å². The summed E-state index contributed by atoms with van der Waals surface area (Å²) in [5, 5.41) is 2.84. The normalized spacial score (nSPS) is 13.1. The molecule has 0 aliphatic heterocycles. The Hall–Kier alpha value is -2.33. The number of benzene rings is 2. The molecule has 0 heterocycles. The molecule has 0 aliphatic carbocycles. The number of para-hydroxylation sites is 1. The molecule has 0 saturated heterocycles. The van der Waals surface area contributed by atoms with E-state index in [-0.39, 0.29) is 11.8 Å². The van der Waals surface area contributed by atoms with Gasteiger partial charge in [-0.25, -0.2) is 0 Å². The molecule has 0 saturated carbocycles. The molecule has 2 unspecified atom stereocenters. The van der Waals surface area contributed by atoms with Gasteiger partial charge in [-0.1, -0.05) is 68.8 Å². The molecular weight excluding hydrogens is 300 g/mol. The summed E-state index contributed by atoms with van der Waals surface area (Å²) < 4.78 is 5.85. The van der Waals surface area contributed by atoms with Crippen LogP contribution in [-0.4, -0.2) is 25.1 Å². The van der Waals surface area contributed by atoms with Gasteiger partial charge in [0.25, 0.3) is 0 Å². The number of rotatable bonds is 8. The van der Waals surface area contributed by atoms with Gasteiger partial charge in [-0.3, -0.25) is 4.79 Å². The van der Waals surface area contributed by atoms with E-state index in [0.29, 0.717) is 13.2 Å². The summed E-state index contributed by atoms with van der Waals surface area (Å²) in [5.74, 6) is 0.859. The highest BCUT2D eigenvalue weighted by Crippen LogP contribution is 2.29. The molecule has 2 rings (SSSR count). The van der Waals surface area contributed by atoms with Crippen molar-refractivity contribution in [3.8, 4) is 16.9 Å². The van der Waals surface area contributed by atoms with Crippen LogP contribution in [-0.2, 0) is 4.79 Å². The van der Waals surface area contributed by atoms with Crippen molar-refractivity contribution in [3.05, 3.63) is 54.6 Å². The smallest absolute Gasteiger partial charge is 0.237 e. The van der Waals surface area contributed by atoms with E-state index >= 15 is 0 Å². The number of nitrogens with two attached hydrogens (primary N) is 1. The molecule has 0 aliphatic rings. The third-order valence-electron chi connectivity index (χ3n) is 4.19. The van der Waals surface area contributed by atoms with E-state index < -0.39 is 6.04 Å². The SMILES string of the molecule is CCC(C)C(N)C(=O)NCCOc1ccccc1-c1ccccc1. The van der Waals surface area contributed by atoms with Crippen LogP contribution in [0.25, 0.3) is 11.1 Å². The first-order valence-electron chi connectivity index (χ1n) is 8.44. The van der Waals surface area contributed by atoms with Crippen LogP contribution >= 0.6 is 0 Å². The highest BCUT2D eigenvalue weighted by Gasteiger charge is 2.18. The molecule has 0 bridgehead atoms. The summed E-state index contributed by atoms with van der Waals surface area (Å²) in [6.45, 7) is 4.85. The predicted octanol–water partition coefficient (Wildman–Crippen LogP) is 3.22. The molecule has 0 fully saturated rings. The van der Waals surface area contributed by atoms with E-state index in [1.807, 2.05) is 56.3 Å². The lowest BCUT2D eigenvalue weighted by Gasteiger charge is -2.18. The Morgan fingerprint density at radius 1 is 1.12 bits per heavy atom. The fourth-order valence-corrected chi connectivity index (χ4v) is 2.41. The van der Waals surface area contributed by atoms with Gasteiger partial charge in [-0.2, -0.15) is 0 Å². The molecule has 24 heavy (non-hydrogen) atoms. The van der Waals surface area contributed by atoms with Crippen LogP contribution in [0.3, 0.4) is 0 Å². The summed E-state index contributed by atoms with van der Waals surface area (Å²) >= 11 is 0. The Balaban J connectivity index is 1.89. The van der Waals surface area contributed by atoms with Gasteiger partial charge in [0.05, 0.1) is 12.6 Å². The lowest BCUT2D eigenvalue weighted by molar-refractivity contribution is -0.123. The second-order valence-corrected chi connectivity index (χ2v) is 5.91. The van der Waals surface area contributed by atoms with Gasteiger partial charge in [-0.15, -0.1) is 0 Å². The maximum atomic E-state index is 12.0. The Labute approximate surface area is 144 Å². The summed E-state index contributed by atoms with van der Waals surface area (Å²) in [6, 6.07) is 17.5. The monoisotopic (exact) mass is 326 g/mol. The Bertz CT molecular complexity index is 643. The van der Waals surface area contributed by atoms with Crippen molar-refractivity contribution in [2.45, 2.75) is 26.3 Å². The quantitative estimate of drug-likeness (QED) is 0.732. The van der Waals surface area contributed by atoms with Gasteiger partial charge in [0.1, 0.15) is 12.4 Å². The maximum Gasteiger partial charge on any atom is 0.237 e. The van der Waals surface area contributed by atoms with Crippen molar-refractivity contribution in [1.82, 2.24) is 5.32 Å². The molecule has 3 N–H and O–H groups in total. The number of hydrogen-bond donors (Lipinski definition) is 2. The lowest BCUT2D eigenvalue weighted by Crippen LogP contribution is -2.45. The first kappa shape index (κ1) is 18.0. The van der Waals surface area contributed by atoms with E-state index in [0.717, 1.165) is 23.3 Å². The second kappa shape index (κ2) is 9.08. The van der Waals surface area contributed by atoms with Crippen molar-refractivity contribution >= 4 is 5.91 Å². The average Bonchev–Trinajstić information content (AvgIpc) is 2.64. The zero-order valence-electron chi connectivity index (χ0n) is 14.4. The topological polar surface area (TPSA) is 64.4 Å². The van der Waals surface area contributed by atoms with Gasteiger partial charge in [0.2, 0.25) is 5.91 Å². The van der Waals surface area contributed by atoms with Crippen LogP contribution in [0.2, 0.25) is 0 Å². The zero-order valence-corrected chi connectivity index (χ0v) is 14.4. The standard InChI is InChI=1S/C20H26N2O2/c1-3-15(2)19(21)20(23)22-13-14-24-18-12-8-7-11-17(18)16-9-5-4-6-10-16/h4-12,15,19H,3,13-14,21H2,1-2H3,(H,22,23). The summed E-state index contributed by atoms with van der Waals surface area (Å²) in [5.41, 5.74) is 8.06. The number of ether oxygens (including phenoxy) is 1. The minimum absolute atomic E-state index is 0.121. The van der Waals surface area contributed by atoms with Crippen molar-refractivity contribution in [2.75, 3.05) is 13.2 Å². The number of hydrogen-bond acceptors (Lipinski definition) is 3. The van der Waals surface area contributed by atoms with Crippen molar-refractivity contribution in [3.63, 3.8) is 0 Å². The minimum atomic E-state index is -0.466. The third kappa shape index (κ3) is 4.83. The number of nitrogens with one attached hydrogen (secondary N) is 1. The molecule has 4 heteroatoms. The highest BCUT2D eigenvalue weighted by atomic mass is 16.5. The van der Waals surface area contributed by atoms with E-state index in [1.54, 1.807) is 0 Å². The second-order valence-electron chi connectivity index (χ2n) is 5.91. The van der Waals surface area contributed by atoms with E-state index in [4.69, 9.17) is 10.5 Å². The molecule has 1 amide bonds. The van der Waals surface area contributed by atoms with Crippen LogP contribution in [0.4, 0.5) is 0 Å². The van der Waals surface area contributed by atoms with Crippen molar-refractivity contribution < 1.29 is 9.53 Å². The molecule has 2 aromatic rings.